The minimum Gasteiger partial charge on any atom is -0.320 e. The summed E-state index contributed by atoms with van der Waals surface area (Å²) < 4.78 is 0. The summed E-state index contributed by atoms with van der Waals surface area (Å²) in [5, 5.41) is 4.09. The lowest BCUT2D eigenvalue weighted by Gasteiger charge is -2.04. The van der Waals surface area contributed by atoms with Crippen molar-refractivity contribution in [3.63, 3.8) is 0 Å². The number of amides is 1. The Hall–Kier alpha value is -1.55. The molecule has 0 unspecified atom stereocenters. The fraction of sp³-hybridized carbons (Fsp3) is 0.0667. The molecule has 1 heterocycles. The first-order chi connectivity index (χ1) is 9.99. The Morgan fingerprint density at radius 3 is 2.57 bits per heavy atom. The van der Waals surface area contributed by atoms with Crippen molar-refractivity contribution in [3.05, 3.63) is 56.5 Å². The number of hydrogen-bond acceptors (Lipinski definition) is 2. The summed E-state index contributed by atoms with van der Waals surface area (Å²) in [6.45, 7) is 1.84. The van der Waals surface area contributed by atoms with Gasteiger partial charge in [0.25, 0.3) is 5.91 Å². The zero-order valence-electron chi connectivity index (χ0n) is 10.9. The molecule has 0 radical (unpaired) electrons. The molecule has 2 aromatic carbocycles. The first-order valence-electron chi connectivity index (χ1n) is 6.12. The molecule has 0 aromatic heterocycles. The predicted octanol–water partition coefficient (Wildman–Crippen LogP) is 5.03. The van der Waals surface area contributed by atoms with E-state index in [1.165, 1.54) is 0 Å². The van der Waals surface area contributed by atoms with Gasteiger partial charge in [-0.2, -0.15) is 0 Å². The standard InChI is InChI=1S/C15H9Cl3N2O/c1-7-9(16)6-5-8-13(7)20-15(21)14(8)19-11-4-2-3-10(17)12(11)18/h2-6H,1H3,(H,19,20,21). The van der Waals surface area contributed by atoms with Gasteiger partial charge in [-0.3, -0.25) is 4.79 Å². The second kappa shape index (κ2) is 5.34. The van der Waals surface area contributed by atoms with Crippen molar-refractivity contribution in [2.75, 3.05) is 5.32 Å². The van der Waals surface area contributed by atoms with Crippen LogP contribution < -0.4 is 5.32 Å². The molecule has 106 valence electrons. The highest BCUT2D eigenvalue weighted by Gasteiger charge is 2.28. The summed E-state index contributed by atoms with van der Waals surface area (Å²) in [5.74, 6) is -0.286. The van der Waals surface area contributed by atoms with E-state index in [9.17, 15) is 4.79 Å². The van der Waals surface area contributed by atoms with E-state index in [-0.39, 0.29) is 5.91 Å². The Labute approximate surface area is 136 Å². The van der Waals surface area contributed by atoms with Crippen LogP contribution in [-0.2, 0) is 4.79 Å². The zero-order chi connectivity index (χ0) is 15.1. The third-order valence-electron chi connectivity index (χ3n) is 3.27. The van der Waals surface area contributed by atoms with Gasteiger partial charge in [-0.05, 0) is 36.8 Å². The number of carbonyl (C=O) groups is 1. The zero-order valence-corrected chi connectivity index (χ0v) is 13.1. The molecule has 0 spiro atoms. The molecule has 1 N–H and O–H groups in total. The van der Waals surface area contributed by atoms with Gasteiger partial charge in [0.05, 0.1) is 21.4 Å². The minimum atomic E-state index is -0.286. The van der Waals surface area contributed by atoms with Gasteiger partial charge in [0.2, 0.25) is 0 Å². The quantitative estimate of drug-likeness (QED) is 0.778. The van der Waals surface area contributed by atoms with E-state index in [0.717, 1.165) is 5.56 Å². The van der Waals surface area contributed by atoms with Crippen LogP contribution in [0.2, 0.25) is 15.1 Å². The van der Waals surface area contributed by atoms with Gasteiger partial charge in [0.15, 0.2) is 0 Å². The average molecular weight is 340 g/mol. The molecule has 0 saturated heterocycles. The van der Waals surface area contributed by atoms with Gasteiger partial charge < -0.3 is 5.32 Å². The molecule has 0 atom stereocenters. The molecule has 3 nitrogen and oxygen atoms in total. The first-order valence-corrected chi connectivity index (χ1v) is 7.26. The van der Waals surface area contributed by atoms with E-state index < -0.39 is 0 Å². The highest BCUT2D eigenvalue weighted by molar-refractivity contribution is 6.55. The summed E-state index contributed by atoms with van der Waals surface area (Å²) in [6.07, 6.45) is 0. The molecule has 0 bridgehead atoms. The van der Waals surface area contributed by atoms with Crippen molar-refractivity contribution in [1.29, 1.82) is 0 Å². The lowest BCUT2D eigenvalue weighted by molar-refractivity contribution is -0.110. The maximum Gasteiger partial charge on any atom is 0.275 e. The van der Waals surface area contributed by atoms with Crippen LogP contribution in [0.1, 0.15) is 11.1 Å². The molecule has 1 amide bonds. The molecule has 3 rings (SSSR count). The highest BCUT2D eigenvalue weighted by atomic mass is 35.5. The molecule has 1 aliphatic heterocycles. The van der Waals surface area contributed by atoms with Crippen LogP contribution >= 0.6 is 34.8 Å². The topological polar surface area (TPSA) is 41.5 Å². The molecule has 0 fully saturated rings. The van der Waals surface area contributed by atoms with E-state index in [4.69, 9.17) is 34.8 Å². The Kier molecular flexibility index (Phi) is 3.66. The van der Waals surface area contributed by atoms with Crippen LogP contribution in [-0.4, -0.2) is 11.6 Å². The number of carbonyl (C=O) groups excluding carboxylic acids is 1. The van der Waals surface area contributed by atoms with Crippen LogP contribution in [0.3, 0.4) is 0 Å². The Morgan fingerprint density at radius 2 is 1.81 bits per heavy atom. The number of hydrogen-bond donors (Lipinski definition) is 1. The van der Waals surface area contributed by atoms with E-state index in [1.807, 2.05) is 6.92 Å². The van der Waals surface area contributed by atoms with Crippen LogP contribution in [0.25, 0.3) is 0 Å². The fourth-order valence-corrected chi connectivity index (χ4v) is 2.65. The number of fused-ring (bicyclic) bond motifs is 1. The van der Waals surface area contributed by atoms with Crippen LogP contribution in [0, 0.1) is 6.92 Å². The second-order valence-electron chi connectivity index (χ2n) is 4.58. The van der Waals surface area contributed by atoms with E-state index in [1.54, 1.807) is 30.3 Å². The van der Waals surface area contributed by atoms with E-state index in [2.05, 4.69) is 10.3 Å². The highest BCUT2D eigenvalue weighted by Crippen LogP contribution is 2.36. The molecule has 6 heteroatoms. The molecule has 0 saturated carbocycles. The SMILES string of the molecule is Cc1c(Cl)ccc2c1NC(=O)C2=Nc1cccc(Cl)c1Cl. The second-order valence-corrected chi connectivity index (χ2v) is 5.77. The maximum absolute atomic E-state index is 12.1. The third-order valence-corrected chi connectivity index (χ3v) is 4.49. The Morgan fingerprint density at radius 1 is 1.05 bits per heavy atom. The molecular weight excluding hydrogens is 331 g/mol. The van der Waals surface area contributed by atoms with Gasteiger partial charge in [-0.15, -0.1) is 0 Å². The van der Waals surface area contributed by atoms with Crippen LogP contribution in [0.4, 0.5) is 11.4 Å². The summed E-state index contributed by atoms with van der Waals surface area (Å²) in [4.78, 5) is 16.5. The number of benzene rings is 2. The summed E-state index contributed by atoms with van der Waals surface area (Å²) in [5.41, 5.74) is 2.95. The van der Waals surface area contributed by atoms with Gasteiger partial charge in [0, 0.05) is 10.6 Å². The van der Waals surface area contributed by atoms with Crippen molar-refractivity contribution in [3.8, 4) is 0 Å². The predicted molar refractivity (Wildman–Crippen MR) is 87.5 cm³/mol. The Balaban J connectivity index is 2.17. The maximum atomic E-state index is 12.1. The lowest BCUT2D eigenvalue weighted by Crippen LogP contribution is -2.14. The molecule has 21 heavy (non-hydrogen) atoms. The third kappa shape index (κ3) is 2.42. The molecular formula is C15H9Cl3N2O. The number of halogens is 3. The molecule has 0 aliphatic carbocycles. The lowest BCUT2D eigenvalue weighted by atomic mass is 10.1. The largest absolute Gasteiger partial charge is 0.320 e. The van der Waals surface area contributed by atoms with Gasteiger partial charge >= 0.3 is 0 Å². The number of nitrogens with zero attached hydrogens (tertiary/aromatic N) is 1. The molecule has 1 aliphatic rings. The van der Waals surface area contributed by atoms with Gasteiger partial charge in [-0.1, -0.05) is 40.9 Å². The van der Waals surface area contributed by atoms with Crippen LogP contribution in [0.15, 0.2) is 35.3 Å². The summed E-state index contributed by atoms with van der Waals surface area (Å²) >= 11 is 18.1. The molecule has 2 aromatic rings. The fourth-order valence-electron chi connectivity index (χ4n) is 2.15. The van der Waals surface area contributed by atoms with Crippen molar-refractivity contribution < 1.29 is 4.79 Å². The summed E-state index contributed by atoms with van der Waals surface area (Å²) in [6, 6.07) is 8.61. The van der Waals surface area contributed by atoms with Gasteiger partial charge in [0.1, 0.15) is 5.71 Å². The number of aliphatic imine (C=N–C) groups is 1. The number of anilines is 1. The monoisotopic (exact) mass is 338 g/mol. The van der Waals surface area contributed by atoms with Crippen molar-refractivity contribution in [2.45, 2.75) is 6.92 Å². The number of rotatable bonds is 1. The van der Waals surface area contributed by atoms with E-state index >= 15 is 0 Å². The minimum absolute atomic E-state index is 0.286. The van der Waals surface area contributed by atoms with Crippen molar-refractivity contribution >= 4 is 57.8 Å². The normalized spacial score (nSPS) is 15.2. The van der Waals surface area contributed by atoms with Crippen molar-refractivity contribution in [1.82, 2.24) is 0 Å². The first kappa shape index (κ1) is 14.4. The van der Waals surface area contributed by atoms with Crippen LogP contribution in [0.5, 0.6) is 0 Å². The summed E-state index contributed by atoms with van der Waals surface area (Å²) in [7, 11) is 0. The smallest absolute Gasteiger partial charge is 0.275 e. The Bertz CT molecular complexity index is 800. The van der Waals surface area contributed by atoms with E-state index in [0.29, 0.717) is 37.7 Å². The van der Waals surface area contributed by atoms with Gasteiger partial charge in [-0.25, -0.2) is 4.99 Å². The van der Waals surface area contributed by atoms with Crippen molar-refractivity contribution in [2.24, 2.45) is 4.99 Å². The number of nitrogens with one attached hydrogen (secondary N) is 1. The average Bonchev–Trinajstić information content (AvgIpc) is 2.77.